The predicted octanol–water partition coefficient (Wildman–Crippen LogP) is 5.48. The van der Waals surface area contributed by atoms with Crippen molar-refractivity contribution in [3.63, 3.8) is 0 Å². The third-order valence-electron chi connectivity index (χ3n) is 6.83. The topological polar surface area (TPSA) is 108 Å². The molecule has 8 nitrogen and oxygen atoms in total. The van der Waals surface area contributed by atoms with Gasteiger partial charge in [-0.15, -0.1) is 0 Å². The van der Waals surface area contributed by atoms with Crippen molar-refractivity contribution >= 4 is 17.9 Å². The van der Waals surface area contributed by atoms with Crippen molar-refractivity contribution in [2.24, 2.45) is 0 Å². The van der Waals surface area contributed by atoms with Crippen molar-refractivity contribution in [3.05, 3.63) is 64.7 Å². The fourth-order valence-electron chi connectivity index (χ4n) is 4.87. The number of alkyl carbamates (subject to hydrolysis) is 1. The zero-order valence-corrected chi connectivity index (χ0v) is 25.1. The molecule has 0 saturated heterocycles. The molecule has 0 aliphatic heterocycles. The number of phenolic OH excluding ortho intramolecular Hbond substituents is 1. The number of phenols is 1. The first-order valence-corrected chi connectivity index (χ1v) is 14.0. The molecule has 3 amide bonds. The Morgan fingerprint density at radius 1 is 1.00 bits per heavy atom. The summed E-state index contributed by atoms with van der Waals surface area (Å²) < 4.78 is 5.51. The summed E-state index contributed by atoms with van der Waals surface area (Å²) in [4.78, 5) is 43.1. The van der Waals surface area contributed by atoms with E-state index in [9.17, 15) is 19.5 Å². The van der Waals surface area contributed by atoms with Gasteiger partial charge in [-0.3, -0.25) is 9.59 Å². The molecule has 3 N–H and O–H groups in total. The first-order chi connectivity index (χ1) is 18.5. The number of hydrogen-bond donors (Lipinski definition) is 3. The van der Waals surface area contributed by atoms with Crippen LogP contribution in [-0.4, -0.2) is 51.1 Å². The van der Waals surface area contributed by atoms with Gasteiger partial charge in [-0.05, 0) is 103 Å². The second kappa shape index (κ2) is 12.3. The Morgan fingerprint density at radius 3 is 2.12 bits per heavy atom. The third-order valence-corrected chi connectivity index (χ3v) is 6.83. The monoisotopic (exact) mass is 551 g/mol. The van der Waals surface area contributed by atoms with E-state index >= 15 is 0 Å². The van der Waals surface area contributed by atoms with Gasteiger partial charge in [0.25, 0.3) is 0 Å². The van der Waals surface area contributed by atoms with Gasteiger partial charge in [0.2, 0.25) is 11.8 Å². The maximum absolute atomic E-state index is 14.5. The van der Waals surface area contributed by atoms with Crippen LogP contribution in [-0.2, 0) is 20.7 Å². The van der Waals surface area contributed by atoms with Gasteiger partial charge < -0.3 is 25.4 Å². The van der Waals surface area contributed by atoms with Crippen LogP contribution in [0.2, 0.25) is 0 Å². The van der Waals surface area contributed by atoms with E-state index in [1.165, 1.54) is 0 Å². The van der Waals surface area contributed by atoms with Crippen molar-refractivity contribution < 1.29 is 24.2 Å². The SMILES string of the molecule is Cc1ccc(C(C(=O)NC(C)(C)C)N(C(=O)C(Cc2ccc(O)cc2)NC(=O)OC(C)(C)C)C2CCC2)c(C)c1. The summed E-state index contributed by atoms with van der Waals surface area (Å²) in [5, 5.41) is 15.6. The van der Waals surface area contributed by atoms with Crippen LogP contribution in [0.25, 0.3) is 0 Å². The average Bonchev–Trinajstić information content (AvgIpc) is 2.76. The molecule has 40 heavy (non-hydrogen) atoms. The zero-order valence-electron chi connectivity index (χ0n) is 25.1. The van der Waals surface area contributed by atoms with Crippen molar-refractivity contribution in [3.8, 4) is 5.75 Å². The molecule has 0 aromatic heterocycles. The number of aryl methyl sites for hydroxylation is 2. The fraction of sp³-hybridized carbons (Fsp3) is 0.531. The van der Waals surface area contributed by atoms with Gasteiger partial charge >= 0.3 is 6.09 Å². The van der Waals surface area contributed by atoms with E-state index < -0.39 is 29.3 Å². The standard InChI is InChI=1S/C32H45N3O5/c1-20-12-17-25(21(2)18-20)27(28(37)34-31(3,4)5)35(23-10-9-11-23)29(38)26(33-30(39)40-32(6,7)8)19-22-13-15-24(36)16-14-22/h12-18,23,26-27,36H,9-11,19H2,1-8H3,(H,33,39)(H,34,37). The molecule has 218 valence electrons. The van der Waals surface area contributed by atoms with Gasteiger partial charge in [0.1, 0.15) is 23.4 Å². The first-order valence-electron chi connectivity index (χ1n) is 14.0. The van der Waals surface area contributed by atoms with Crippen LogP contribution >= 0.6 is 0 Å². The highest BCUT2D eigenvalue weighted by atomic mass is 16.6. The molecule has 0 heterocycles. The second-order valence-corrected chi connectivity index (χ2v) is 12.9. The number of aromatic hydroxyl groups is 1. The van der Waals surface area contributed by atoms with Crippen LogP contribution in [0.15, 0.2) is 42.5 Å². The minimum atomic E-state index is -0.990. The molecule has 2 aromatic carbocycles. The van der Waals surface area contributed by atoms with Crippen molar-refractivity contribution in [1.29, 1.82) is 0 Å². The van der Waals surface area contributed by atoms with E-state index in [-0.39, 0.29) is 30.0 Å². The van der Waals surface area contributed by atoms with Gasteiger partial charge in [0.05, 0.1) is 0 Å². The Morgan fingerprint density at radius 2 is 1.62 bits per heavy atom. The quantitative estimate of drug-likeness (QED) is 0.403. The summed E-state index contributed by atoms with van der Waals surface area (Å²) in [5.41, 5.74) is 2.23. The largest absolute Gasteiger partial charge is 0.508 e. The summed E-state index contributed by atoms with van der Waals surface area (Å²) in [6, 6.07) is 10.4. The molecule has 0 radical (unpaired) electrons. The van der Waals surface area contributed by atoms with Crippen LogP contribution in [0.3, 0.4) is 0 Å². The summed E-state index contributed by atoms with van der Waals surface area (Å²) in [7, 11) is 0. The number of amides is 3. The molecular weight excluding hydrogens is 506 g/mol. The fourth-order valence-corrected chi connectivity index (χ4v) is 4.87. The molecule has 2 atom stereocenters. The lowest BCUT2D eigenvalue weighted by molar-refractivity contribution is -0.148. The summed E-state index contributed by atoms with van der Waals surface area (Å²) in [6.45, 7) is 15.0. The number of nitrogens with zero attached hydrogens (tertiary/aromatic N) is 1. The average molecular weight is 552 g/mol. The number of carbonyl (C=O) groups excluding carboxylic acids is 3. The minimum Gasteiger partial charge on any atom is -0.508 e. The normalized spacial score (nSPS) is 15.4. The summed E-state index contributed by atoms with van der Waals surface area (Å²) >= 11 is 0. The van der Waals surface area contributed by atoms with Gasteiger partial charge in [0.15, 0.2) is 0 Å². The van der Waals surface area contributed by atoms with Crippen LogP contribution in [0.1, 0.15) is 89.1 Å². The molecule has 1 aliphatic carbocycles. The maximum Gasteiger partial charge on any atom is 0.408 e. The molecule has 3 rings (SSSR count). The van der Waals surface area contributed by atoms with Crippen molar-refractivity contribution in [2.45, 2.75) is 110 Å². The number of hydrogen-bond acceptors (Lipinski definition) is 5. The Hall–Kier alpha value is -3.55. The summed E-state index contributed by atoms with van der Waals surface area (Å²) in [5.74, 6) is -0.505. The molecule has 0 spiro atoms. The predicted molar refractivity (Wildman–Crippen MR) is 156 cm³/mol. The highest BCUT2D eigenvalue weighted by Crippen LogP contribution is 2.35. The highest BCUT2D eigenvalue weighted by Gasteiger charge is 2.43. The van der Waals surface area contributed by atoms with E-state index in [1.54, 1.807) is 49.9 Å². The van der Waals surface area contributed by atoms with Crippen LogP contribution in [0, 0.1) is 13.8 Å². The molecule has 2 aromatic rings. The molecule has 1 fully saturated rings. The van der Waals surface area contributed by atoms with Crippen LogP contribution in [0.5, 0.6) is 5.75 Å². The van der Waals surface area contributed by atoms with Gasteiger partial charge in [-0.25, -0.2) is 4.79 Å². The number of rotatable bonds is 8. The van der Waals surface area contributed by atoms with Crippen LogP contribution < -0.4 is 10.6 Å². The lowest BCUT2D eigenvalue weighted by atomic mass is 9.86. The van der Waals surface area contributed by atoms with E-state index in [4.69, 9.17) is 4.74 Å². The number of nitrogens with one attached hydrogen (secondary N) is 2. The molecule has 8 heteroatoms. The molecule has 0 bridgehead atoms. The minimum absolute atomic E-state index is 0.108. The molecule has 2 unspecified atom stereocenters. The number of ether oxygens (including phenoxy) is 1. The van der Waals surface area contributed by atoms with Gasteiger partial charge in [-0.1, -0.05) is 35.9 Å². The Balaban J connectivity index is 2.09. The molecule has 1 aliphatic rings. The Kier molecular flexibility index (Phi) is 9.54. The Labute approximate surface area is 238 Å². The van der Waals surface area contributed by atoms with Crippen LogP contribution in [0.4, 0.5) is 4.79 Å². The summed E-state index contributed by atoms with van der Waals surface area (Å²) in [6.07, 6.45) is 1.96. The Bertz CT molecular complexity index is 1210. The lowest BCUT2D eigenvalue weighted by Gasteiger charge is -2.44. The lowest BCUT2D eigenvalue weighted by Crippen LogP contribution is -2.59. The second-order valence-electron chi connectivity index (χ2n) is 12.9. The molecule has 1 saturated carbocycles. The number of benzene rings is 2. The van der Waals surface area contributed by atoms with E-state index in [1.807, 2.05) is 52.8 Å². The zero-order chi connectivity index (χ0) is 29.8. The van der Waals surface area contributed by atoms with Crippen molar-refractivity contribution in [1.82, 2.24) is 15.5 Å². The maximum atomic E-state index is 14.5. The van der Waals surface area contributed by atoms with Gasteiger partial charge in [0, 0.05) is 18.0 Å². The molecular formula is C32H45N3O5. The van der Waals surface area contributed by atoms with Crippen molar-refractivity contribution in [2.75, 3.05) is 0 Å². The van der Waals surface area contributed by atoms with E-state index in [0.29, 0.717) is 0 Å². The van der Waals surface area contributed by atoms with E-state index in [2.05, 4.69) is 10.6 Å². The van der Waals surface area contributed by atoms with E-state index in [0.717, 1.165) is 41.5 Å². The smallest absolute Gasteiger partial charge is 0.408 e. The first kappa shape index (κ1) is 31.0. The highest BCUT2D eigenvalue weighted by molar-refractivity contribution is 5.93. The number of carbonyl (C=O) groups is 3. The van der Waals surface area contributed by atoms with Gasteiger partial charge in [-0.2, -0.15) is 0 Å². The third kappa shape index (κ3) is 8.47.